The predicted octanol–water partition coefficient (Wildman–Crippen LogP) is 5.64. The van der Waals surface area contributed by atoms with Gasteiger partial charge < -0.3 is 14.8 Å². The van der Waals surface area contributed by atoms with Crippen molar-refractivity contribution in [3.8, 4) is 5.75 Å². The van der Waals surface area contributed by atoms with Crippen LogP contribution in [0, 0.1) is 5.92 Å². The average molecular weight is 463 g/mol. The number of halogens is 3. The molecule has 0 bridgehead atoms. The highest BCUT2D eigenvalue weighted by atomic mass is 35.5. The van der Waals surface area contributed by atoms with Gasteiger partial charge in [-0.05, 0) is 36.8 Å². The van der Waals surface area contributed by atoms with Crippen molar-refractivity contribution >= 4 is 63.0 Å². The van der Waals surface area contributed by atoms with Crippen LogP contribution < -0.4 is 10.1 Å². The molecule has 1 heterocycles. The first-order valence-electron chi connectivity index (χ1n) is 8.60. The van der Waals surface area contributed by atoms with E-state index in [2.05, 4.69) is 12.2 Å². The van der Waals surface area contributed by atoms with Crippen LogP contribution in [0.1, 0.15) is 34.1 Å². The quantitative estimate of drug-likeness (QED) is 0.461. The van der Waals surface area contributed by atoms with Gasteiger partial charge in [0.1, 0.15) is 10.8 Å². The van der Waals surface area contributed by atoms with Crippen molar-refractivity contribution in [3.05, 3.63) is 43.2 Å². The summed E-state index contributed by atoms with van der Waals surface area (Å²) in [6, 6.07) is 2.90. The van der Waals surface area contributed by atoms with Gasteiger partial charge >= 0.3 is 5.97 Å². The third kappa shape index (κ3) is 4.57. The first-order valence-corrected chi connectivity index (χ1v) is 10.5. The molecule has 3 rings (SSSR count). The number of ether oxygens (including phenoxy) is 2. The molecule has 1 N–H and O–H groups in total. The van der Waals surface area contributed by atoms with Gasteiger partial charge in [-0.3, -0.25) is 4.79 Å². The maximum absolute atomic E-state index is 12.4. The molecular formula is C19H18Cl3NO4S. The van der Waals surface area contributed by atoms with E-state index in [1.807, 2.05) is 0 Å². The summed E-state index contributed by atoms with van der Waals surface area (Å²) in [5, 5.41) is 4.07. The smallest absolute Gasteiger partial charge is 0.341 e. The van der Waals surface area contributed by atoms with Crippen molar-refractivity contribution in [3.63, 3.8) is 0 Å². The number of fused-ring (bicyclic) bond motifs is 1. The van der Waals surface area contributed by atoms with E-state index in [4.69, 9.17) is 44.3 Å². The van der Waals surface area contributed by atoms with Crippen LogP contribution in [0.4, 0.5) is 5.00 Å². The summed E-state index contributed by atoms with van der Waals surface area (Å²) in [6.07, 6.45) is 2.68. The van der Waals surface area contributed by atoms with Crippen molar-refractivity contribution in [1.29, 1.82) is 0 Å². The Morgan fingerprint density at radius 1 is 1.21 bits per heavy atom. The SMILES string of the molecule is COC(=O)c1c(NC(=O)COc2cc(Cl)c(Cl)cc2Cl)sc2c1CC[C@@H](C)C2. The van der Waals surface area contributed by atoms with E-state index in [-0.39, 0.29) is 22.4 Å². The van der Waals surface area contributed by atoms with Crippen LogP contribution in [0.3, 0.4) is 0 Å². The molecule has 5 nitrogen and oxygen atoms in total. The molecule has 28 heavy (non-hydrogen) atoms. The lowest BCUT2D eigenvalue weighted by Crippen LogP contribution is -2.21. The largest absolute Gasteiger partial charge is 0.482 e. The van der Waals surface area contributed by atoms with Crippen LogP contribution in [0.5, 0.6) is 5.75 Å². The van der Waals surface area contributed by atoms with Gasteiger partial charge in [0.2, 0.25) is 0 Å². The minimum Gasteiger partial charge on any atom is -0.482 e. The molecule has 1 aromatic carbocycles. The van der Waals surface area contributed by atoms with Gasteiger partial charge in [0, 0.05) is 10.9 Å². The number of anilines is 1. The van der Waals surface area contributed by atoms with Crippen LogP contribution in [-0.4, -0.2) is 25.6 Å². The van der Waals surface area contributed by atoms with Gasteiger partial charge in [-0.1, -0.05) is 41.7 Å². The minimum absolute atomic E-state index is 0.248. The van der Waals surface area contributed by atoms with E-state index in [1.165, 1.54) is 30.6 Å². The maximum atomic E-state index is 12.4. The predicted molar refractivity (Wildman–Crippen MR) is 112 cm³/mol. The Morgan fingerprint density at radius 3 is 2.64 bits per heavy atom. The fourth-order valence-corrected chi connectivity index (χ4v) is 5.08. The summed E-state index contributed by atoms with van der Waals surface area (Å²) >= 11 is 19.3. The van der Waals surface area contributed by atoms with Crippen LogP contribution in [0.25, 0.3) is 0 Å². The zero-order chi connectivity index (χ0) is 20.4. The fraction of sp³-hybridized carbons (Fsp3) is 0.368. The Kier molecular flexibility index (Phi) is 6.76. The Labute approximate surface area is 181 Å². The number of hydrogen-bond donors (Lipinski definition) is 1. The second kappa shape index (κ2) is 8.91. The number of benzene rings is 1. The van der Waals surface area contributed by atoms with Gasteiger partial charge in [-0.25, -0.2) is 4.79 Å². The zero-order valence-corrected chi connectivity index (χ0v) is 18.3. The maximum Gasteiger partial charge on any atom is 0.341 e. The molecule has 0 radical (unpaired) electrons. The van der Waals surface area contributed by atoms with Crippen LogP contribution >= 0.6 is 46.1 Å². The Hall–Kier alpha value is -1.47. The van der Waals surface area contributed by atoms with E-state index in [0.717, 1.165) is 29.7 Å². The number of hydrogen-bond acceptors (Lipinski definition) is 5. The third-order valence-corrected chi connectivity index (χ3v) is 6.68. The van der Waals surface area contributed by atoms with E-state index in [9.17, 15) is 9.59 Å². The molecular weight excluding hydrogens is 445 g/mol. The van der Waals surface area contributed by atoms with Crippen LogP contribution in [-0.2, 0) is 22.4 Å². The molecule has 0 saturated carbocycles. The Morgan fingerprint density at radius 2 is 1.93 bits per heavy atom. The lowest BCUT2D eigenvalue weighted by molar-refractivity contribution is -0.118. The number of nitrogens with one attached hydrogen (secondary N) is 1. The molecule has 1 atom stereocenters. The zero-order valence-electron chi connectivity index (χ0n) is 15.2. The molecule has 2 aromatic rings. The topological polar surface area (TPSA) is 64.6 Å². The molecule has 0 aliphatic heterocycles. The van der Waals surface area contributed by atoms with Crippen molar-refractivity contribution in [2.24, 2.45) is 5.92 Å². The molecule has 1 amide bonds. The van der Waals surface area contributed by atoms with E-state index >= 15 is 0 Å². The highest BCUT2D eigenvalue weighted by Crippen LogP contribution is 2.40. The second-order valence-corrected chi connectivity index (χ2v) is 8.91. The fourth-order valence-electron chi connectivity index (χ4n) is 3.08. The molecule has 150 valence electrons. The molecule has 0 fully saturated rings. The Balaban J connectivity index is 1.75. The van der Waals surface area contributed by atoms with E-state index in [0.29, 0.717) is 21.5 Å². The van der Waals surface area contributed by atoms with Gasteiger partial charge in [0.15, 0.2) is 6.61 Å². The van der Waals surface area contributed by atoms with Gasteiger partial charge in [0.05, 0.1) is 27.7 Å². The van der Waals surface area contributed by atoms with Gasteiger partial charge in [-0.2, -0.15) is 0 Å². The molecule has 1 aromatic heterocycles. The first kappa shape index (κ1) is 21.2. The van der Waals surface area contributed by atoms with Crippen molar-refractivity contribution in [2.45, 2.75) is 26.2 Å². The number of esters is 1. The highest BCUT2D eigenvalue weighted by molar-refractivity contribution is 7.17. The summed E-state index contributed by atoms with van der Waals surface area (Å²) in [6.45, 7) is 1.88. The average Bonchev–Trinajstić information content (AvgIpc) is 2.99. The number of methoxy groups -OCH3 is 1. The summed E-state index contributed by atoms with van der Waals surface area (Å²) < 4.78 is 10.4. The third-order valence-electron chi connectivity index (χ3n) is 4.49. The van der Waals surface area contributed by atoms with Crippen molar-refractivity contribution < 1.29 is 19.1 Å². The normalized spacial score (nSPS) is 15.7. The van der Waals surface area contributed by atoms with E-state index < -0.39 is 11.9 Å². The summed E-state index contributed by atoms with van der Waals surface area (Å²) in [5.41, 5.74) is 1.41. The lowest BCUT2D eigenvalue weighted by atomic mass is 9.88. The molecule has 0 saturated heterocycles. The summed E-state index contributed by atoms with van der Waals surface area (Å²) in [7, 11) is 1.33. The first-order chi connectivity index (χ1) is 13.3. The number of thiophene rings is 1. The van der Waals surface area contributed by atoms with Crippen LogP contribution in [0.2, 0.25) is 15.1 Å². The minimum atomic E-state index is -0.448. The van der Waals surface area contributed by atoms with Crippen molar-refractivity contribution in [1.82, 2.24) is 0 Å². The van der Waals surface area contributed by atoms with Crippen molar-refractivity contribution in [2.75, 3.05) is 19.0 Å². The molecule has 0 spiro atoms. The van der Waals surface area contributed by atoms with Gasteiger partial charge in [-0.15, -0.1) is 11.3 Å². The number of rotatable bonds is 5. The number of amides is 1. The van der Waals surface area contributed by atoms with Crippen LogP contribution in [0.15, 0.2) is 12.1 Å². The number of carbonyl (C=O) groups is 2. The summed E-state index contributed by atoms with van der Waals surface area (Å²) in [4.78, 5) is 25.8. The highest BCUT2D eigenvalue weighted by Gasteiger charge is 2.29. The summed E-state index contributed by atoms with van der Waals surface area (Å²) in [5.74, 6) is -0.0752. The molecule has 9 heteroatoms. The standard InChI is InChI=1S/C19H18Cl3NO4S/c1-9-3-4-10-15(5-9)28-18(17(10)19(25)26-2)23-16(24)8-27-14-7-12(21)11(20)6-13(14)22/h6-7,9H,3-5,8H2,1-2H3,(H,23,24)/t9-/m1/s1. The molecule has 0 unspecified atom stereocenters. The Bertz CT molecular complexity index is 928. The molecule has 1 aliphatic carbocycles. The second-order valence-electron chi connectivity index (χ2n) is 6.58. The van der Waals surface area contributed by atoms with Gasteiger partial charge in [0.25, 0.3) is 5.91 Å². The number of carbonyl (C=O) groups excluding carboxylic acids is 2. The van der Waals surface area contributed by atoms with E-state index in [1.54, 1.807) is 0 Å². The molecule has 1 aliphatic rings. The monoisotopic (exact) mass is 461 g/mol. The lowest BCUT2D eigenvalue weighted by Gasteiger charge is -2.18.